The molecule has 0 unspecified atom stereocenters. The molecule has 0 heterocycles. The second kappa shape index (κ2) is 5.11. The standard InChI is InChI=1S/C10H12BrNO3/c1-7(2)6-15-10-4-8(11)3-9(5-10)12(13)14/h3-5,7H,6H2,1-2H3. The number of nitro groups is 1. The summed E-state index contributed by atoms with van der Waals surface area (Å²) in [7, 11) is 0. The van der Waals surface area contributed by atoms with Crippen molar-refractivity contribution in [1.29, 1.82) is 0 Å². The van der Waals surface area contributed by atoms with Gasteiger partial charge in [0.1, 0.15) is 5.75 Å². The van der Waals surface area contributed by atoms with Crippen LogP contribution in [0.15, 0.2) is 22.7 Å². The van der Waals surface area contributed by atoms with Gasteiger partial charge in [-0.1, -0.05) is 29.8 Å². The van der Waals surface area contributed by atoms with E-state index in [4.69, 9.17) is 4.74 Å². The summed E-state index contributed by atoms with van der Waals surface area (Å²) in [5, 5.41) is 10.6. The van der Waals surface area contributed by atoms with Crippen molar-refractivity contribution < 1.29 is 9.66 Å². The van der Waals surface area contributed by atoms with Crippen LogP contribution < -0.4 is 4.74 Å². The van der Waals surface area contributed by atoms with Crippen LogP contribution in [0.4, 0.5) is 5.69 Å². The highest BCUT2D eigenvalue weighted by Gasteiger charge is 2.09. The zero-order valence-corrected chi connectivity index (χ0v) is 10.2. The van der Waals surface area contributed by atoms with E-state index >= 15 is 0 Å². The molecule has 0 saturated carbocycles. The number of nitro benzene ring substituents is 1. The van der Waals surface area contributed by atoms with E-state index in [2.05, 4.69) is 15.9 Å². The van der Waals surface area contributed by atoms with Crippen molar-refractivity contribution in [2.24, 2.45) is 5.92 Å². The lowest BCUT2D eigenvalue weighted by Crippen LogP contribution is -2.04. The normalized spacial score (nSPS) is 10.4. The summed E-state index contributed by atoms with van der Waals surface area (Å²) in [5.74, 6) is 0.910. The minimum atomic E-state index is -0.438. The first-order valence-electron chi connectivity index (χ1n) is 4.57. The first-order valence-corrected chi connectivity index (χ1v) is 5.36. The first-order chi connectivity index (χ1) is 6.99. The second-order valence-electron chi connectivity index (χ2n) is 3.61. The molecule has 1 aromatic carbocycles. The number of benzene rings is 1. The monoisotopic (exact) mass is 273 g/mol. The number of hydrogen-bond donors (Lipinski definition) is 0. The van der Waals surface area contributed by atoms with Crippen LogP contribution in [0.1, 0.15) is 13.8 Å². The number of non-ortho nitro benzene ring substituents is 1. The molecule has 0 aromatic heterocycles. The summed E-state index contributed by atoms with van der Waals surface area (Å²) in [6.45, 7) is 4.59. The van der Waals surface area contributed by atoms with Crippen molar-refractivity contribution >= 4 is 21.6 Å². The molecule has 0 N–H and O–H groups in total. The Balaban J connectivity index is 2.84. The third-order valence-corrected chi connectivity index (χ3v) is 2.11. The van der Waals surface area contributed by atoms with Gasteiger partial charge in [-0.05, 0) is 12.0 Å². The van der Waals surface area contributed by atoms with Gasteiger partial charge in [0.25, 0.3) is 5.69 Å². The van der Waals surface area contributed by atoms with E-state index in [0.717, 1.165) is 0 Å². The van der Waals surface area contributed by atoms with Crippen LogP contribution in [-0.2, 0) is 0 Å². The lowest BCUT2D eigenvalue weighted by molar-refractivity contribution is -0.385. The molecule has 0 aliphatic rings. The van der Waals surface area contributed by atoms with Crippen molar-refractivity contribution in [3.05, 3.63) is 32.8 Å². The fraction of sp³-hybridized carbons (Fsp3) is 0.400. The van der Waals surface area contributed by atoms with E-state index in [-0.39, 0.29) is 5.69 Å². The van der Waals surface area contributed by atoms with E-state index < -0.39 is 4.92 Å². The average Bonchev–Trinajstić information content (AvgIpc) is 2.13. The lowest BCUT2D eigenvalue weighted by Gasteiger charge is -2.08. The van der Waals surface area contributed by atoms with Crippen LogP contribution in [0.25, 0.3) is 0 Å². The van der Waals surface area contributed by atoms with Crippen molar-refractivity contribution in [1.82, 2.24) is 0 Å². The Morgan fingerprint density at radius 3 is 2.67 bits per heavy atom. The molecule has 82 valence electrons. The summed E-state index contributed by atoms with van der Waals surface area (Å²) >= 11 is 3.20. The lowest BCUT2D eigenvalue weighted by atomic mass is 10.2. The number of halogens is 1. The van der Waals surface area contributed by atoms with Crippen molar-refractivity contribution in [2.45, 2.75) is 13.8 Å². The van der Waals surface area contributed by atoms with E-state index in [9.17, 15) is 10.1 Å². The Kier molecular flexibility index (Phi) is 4.08. The molecular weight excluding hydrogens is 262 g/mol. The molecule has 0 saturated heterocycles. The molecule has 0 spiro atoms. The number of rotatable bonds is 4. The highest BCUT2D eigenvalue weighted by atomic mass is 79.9. The maximum absolute atomic E-state index is 10.6. The smallest absolute Gasteiger partial charge is 0.274 e. The van der Waals surface area contributed by atoms with Gasteiger partial charge in [0.15, 0.2) is 0 Å². The summed E-state index contributed by atoms with van der Waals surface area (Å²) < 4.78 is 6.05. The van der Waals surface area contributed by atoms with Gasteiger partial charge in [0.05, 0.1) is 17.6 Å². The number of nitrogens with zero attached hydrogens (tertiary/aromatic N) is 1. The van der Waals surface area contributed by atoms with Crippen LogP contribution in [0.2, 0.25) is 0 Å². The molecule has 0 fully saturated rings. The Bertz CT molecular complexity index is 366. The van der Waals surface area contributed by atoms with E-state index in [1.165, 1.54) is 12.1 Å². The number of ether oxygens (including phenoxy) is 1. The third-order valence-electron chi connectivity index (χ3n) is 1.65. The maximum atomic E-state index is 10.6. The molecule has 4 nitrogen and oxygen atoms in total. The fourth-order valence-electron chi connectivity index (χ4n) is 1.000. The third kappa shape index (κ3) is 3.87. The van der Waals surface area contributed by atoms with E-state index in [1.54, 1.807) is 6.07 Å². The molecule has 15 heavy (non-hydrogen) atoms. The minimum absolute atomic E-state index is 0.0307. The van der Waals surface area contributed by atoms with Crippen molar-refractivity contribution in [3.63, 3.8) is 0 Å². The Labute approximate surface area is 96.5 Å². The summed E-state index contributed by atoms with van der Waals surface area (Å²) in [5.41, 5.74) is 0.0307. The second-order valence-corrected chi connectivity index (χ2v) is 4.52. The maximum Gasteiger partial charge on any atom is 0.274 e. The molecule has 1 rings (SSSR count). The minimum Gasteiger partial charge on any atom is -0.493 e. The average molecular weight is 274 g/mol. The van der Waals surface area contributed by atoms with Gasteiger partial charge in [-0.3, -0.25) is 10.1 Å². The van der Waals surface area contributed by atoms with Crippen molar-refractivity contribution in [3.8, 4) is 5.75 Å². The molecule has 0 bridgehead atoms. The van der Waals surface area contributed by atoms with Crippen LogP contribution in [0.3, 0.4) is 0 Å². The number of hydrogen-bond acceptors (Lipinski definition) is 3. The molecule has 1 aromatic rings. The fourth-order valence-corrected chi connectivity index (χ4v) is 1.46. The quantitative estimate of drug-likeness (QED) is 0.624. The van der Waals surface area contributed by atoms with Gasteiger partial charge in [-0.2, -0.15) is 0 Å². The molecule has 0 aliphatic carbocycles. The summed E-state index contributed by atoms with van der Waals surface area (Å²) in [4.78, 5) is 10.1. The summed E-state index contributed by atoms with van der Waals surface area (Å²) in [6, 6.07) is 4.59. The highest BCUT2D eigenvalue weighted by Crippen LogP contribution is 2.26. The predicted octanol–water partition coefficient (Wildman–Crippen LogP) is 3.39. The largest absolute Gasteiger partial charge is 0.493 e. The van der Waals surface area contributed by atoms with Gasteiger partial charge in [-0.15, -0.1) is 0 Å². The van der Waals surface area contributed by atoms with Crippen LogP contribution in [-0.4, -0.2) is 11.5 Å². The van der Waals surface area contributed by atoms with Crippen LogP contribution >= 0.6 is 15.9 Å². The van der Waals surface area contributed by atoms with Crippen molar-refractivity contribution in [2.75, 3.05) is 6.61 Å². The van der Waals surface area contributed by atoms with Gasteiger partial charge in [0, 0.05) is 10.5 Å². The molecule has 0 radical (unpaired) electrons. The first kappa shape index (κ1) is 12.0. The van der Waals surface area contributed by atoms with Gasteiger partial charge in [-0.25, -0.2) is 0 Å². The topological polar surface area (TPSA) is 52.4 Å². The summed E-state index contributed by atoms with van der Waals surface area (Å²) in [6.07, 6.45) is 0. The molecule has 0 atom stereocenters. The van der Waals surface area contributed by atoms with Gasteiger partial charge < -0.3 is 4.74 Å². The molecule has 0 amide bonds. The molecular formula is C10H12BrNO3. The van der Waals surface area contributed by atoms with Crippen LogP contribution in [0.5, 0.6) is 5.75 Å². The zero-order valence-electron chi connectivity index (χ0n) is 8.57. The highest BCUT2D eigenvalue weighted by molar-refractivity contribution is 9.10. The molecule has 5 heteroatoms. The Hall–Kier alpha value is -1.10. The van der Waals surface area contributed by atoms with Gasteiger partial charge in [0.2, 0.25) is 0 Å². The van der Waals surface area contributed by atoms with E-state index in [1.807, 2.05) is 13.8 Å². The van der Waals surface area contributed by atoms with Gasteiger partial charge >= 0.3 is 0 Å². The SMILES string of the molecule is CC(C)COc1cc(Br)cc([N+](=O)[O-])c1. The zero-order chi connectivity index (χ0) is 11.4. The van der Waals surface area contributed by atoms with E-state index in [0.29, 0.717) is 22.7 Å². The molecule has 0 aliphatic heterocycles. The Morgan fingerprint density at radius 1 is 1.47 bits per heavy atom. The Morgan fingerprint density at radius 2 is 2.13 bits per heavy atom. The van der Waals surface area contributed by atoms with Crippen LogP contribution in [0, 0.1) is 16.0 Å². The predicted molar refractivity (Wildman–Crippen MR) is 61.1 cm³/mol.